The van der Waals surface area contributed by atoms with Crippen LogP contribution < -0.4 is 0 Å². The standard InChI is InChI=1S/C12H18O3/c1-7(9(3)13)4-10-5-8(2)12(15)11(14)6-10/h4-5,10-12,14-15H,6H2,1-3H3/b7-4+. The highest BCUT2D eigenvalue weighted by Crippen LogP contribution is 2.25. The van der Waals surface area contributed by atoms with E-state index < -0.39 is 12.2 Å². The number of hydrogen-bond donors (Lipinski definition) is 2. The molecule has 0 radical (unpaired) electrons. The molecule has 2 N–H and O–H groups in total. The third-order valence-electron chi connectivity index (χ3n) is 2.84. The van der Waals surface area contributed by atoms with Crippen molar-refractivity contribution in [3.8, 4) is 0 Å². The highest BCUT2D eigenvalue weighted by molar-refractivity contribution is 5.92. The van der Waals surface area contributed by atoms with Crippen molar-refractivity contribution in [2.24, 2.45) is 5.92 Å². The fraction of sp³-hybridized carbons (Fsp3) is 0.583. The average molecular weight is 210 g/mol. The van der Waals surface area contributed by atoms with Crippen LogP contribution in [-0.4, -0.2) is 28.2 Å². The molecule has 3 heteroatoms. The van der Waals surface area contributed by atoms with Crippen LogP contribution in [0.25, 0.3) is 0 Å². The van der Waals surface area contributed by atoms with Gasteiger partial charge in [-0.2, -0.15) is 0 Å². The predicted molar refractivity (Wildman–Crippen MR) is 58.3 cm³/mol. The molecule has 1 aliphatic rings. The molecule has 15 heavy (non-hydrogen) atoms. The predicted octanol–water partition coefficient (Wildman–Crippen LogP) is 1.21. The molecule has 0 aliphatic heterocycles. The smallest absolute Gasteiger partial charge is 0.155 e. The Morgan fingerprint density at radius 3 is 2.53 bits per heavy atom. The minimum Gasteiger partial charge on any atom is -0.390 e. The molecule has 0 saturated carbocycles. The molecule has 0 amide bonds. The molecule has 0 aromatic heterocycles. The van der Waals surface area contributed by atoms with E-state index >= 15 is 0 Å². The van der Waals surface area contributed by atoms with Crippen molar-refractivity contribution in [1.29, 1.82) is 0 Å². The van der Waals surface area contributed by atoms with Crippen molar-refractivity contribution in [3.63, 3.8) is 0 Å². The zero-order chi connectivity index (χ0) is 11.6. The first-order valence-corrected chi connectivity index (χ1v) is 5.15. The van der Waals surface area contributed by atoms with Crippen molar-refractivity contribution in [2.75, 3.05) is 0 Å². The Morgan fingerprint density at radius 1 is 1.47 bits per heavy atom. The van der Waals surface area contributed by atoms with Crippen LogP contribution in [0.2, 0.25) is 0 Å². The summed E-state index contributed by atoms with van der Waals surface area (Å²) in [6.07, 6.45) is 2.75. The fourth-order valence-electron chi connectivity index (χ4n) is 1.77. The first-order valence-electron chi connectivity index (χ1n) is 5.15. The number of aliphatic hydroxyl groups excluding tert-OH is 2. The van der Waals surface area contributed by atoms with Crippen molar-refractivity contribution in [3.05, 3.63) is 23.3 Å². The molecule has 0 spiro atoms. The summed E-state index contributed by atoms with van der Waals surface area (Å²) in [7, 11) is 0. The van der Waals surface area contributed by atoms with E-state index in [9.17, 15) is 15.0 Å². The van der Waals surface area contributed by atoms with E-state index in [0.717, 1.165) is 5.57 Å². The Kier molecular flexibility index (Phi) is 3.83. The molecule has 0 saturated heterocycles. The van der Waals surface area contributed by atoms with Crippen LogP contribution in [0.4, 0.5) is 0 Å². The summed E-state index contributed by atoms with van der Waals surface area (Å²) in [4.78, 5) is 11.0. The Morgan fingerprint density at radius 2 is 2.07 bits per heavy atom. The van der Waals surface area contributed by atoms with Gasteiger partial charge in [0.25, 0.3) is 0 Å². The number of ketones is 1. The molecule has 3 atom stereocenters. The number of Topliss-reactive ketones (excluding diaryl/α,β-unsaturated/α-hetero) is 1. The van der Waals surface area contributed by atoms with Gasteiger partial charge in [-0.15, -0.1) is 0 Å². The molecule has 3 nitrogen and oxygen atoms in total. The van der Waals surface area contributed by atoms with Gasteiger partial charge in [0.2, 0.25) is 0 Å². The lowest BCUT2D eigenvalue weighted by Crippen LogP contribution is -2.32. The normalized spacial score (nSPS) is 32.5. The van der Waals surface area contributed by atoms with Gasteiger partial charge >= 0.3 is 0 Å². The van der Waals surface area contributed by atoms with E-state index in [2.05, 4.69) is 0 Å². The van der Waals surface area contributed by atoms with E-state index in [0.29, 0.717) is 12.0 Å². The second kappa shape index (κ2) is 4.73. The Bertz CT molecular complexity index is 315. The van der Waals surface area contributed by atoms with Gasteiger partial charge in [0.05, 0.1) is 6.10 Å². The minimum absolute atomic E-state index is 0.0432. The molecule has 84 valence electrons. The van der Waals surface area contributed by atoms with Crippen LogP contribution in [0, 0.1) is 5.92 Å². The Balaban J connectivity index is 2.82. The minimum atomic E-state index is -0.757. The van der Waals surface area contributed by atoms with E-state index in [1.165, 1.54) is 6.92 Å². The lowest BCUT2D eigenvalue weighted by Gasteiger charge is -2.27. The van der Waals surface area contributed by atoms with Gasteiger partial charge < -0.3 is 10.2 Å². The zero-order valence-corrected chi connectivity index (χ0v) is 9.40. The van der Waals surface area contributed by atoms with Crippen LogP contribution in [0.1, 0.15) is 27.2 Å². The number of allylic oxidation sites excluding steroid dienone is 3. The van der Waals surface area contributed by atoms with Gasteiger partial charge in [0.1, 0.15) is 6.10 Å². The van der Waals surface area contributed by atoms with Crippen molar-refractivity contribution in [2.45, 2.75) is 39.4 Å². The number of rotatable bonds is 2. The molecule has 0 fully saturated rings. The highest BCUT2D eigenvalue weighted by atomic mass is 16.3. The summed E-state index contributed by atoms with van der Waals surface area (Å²) in [5.74, 6) is 0.0916. The average Bonchev–Trinajstić information content (AvgIpc) is 2.13. The molecular formula is C12H18O3. The Labute approximate surface area is 90.1 Å². The maximum Gasteiger partial charge on any atom is 0.155 e. The van der Waals surface area contributed by atoms with Gasteiger partial charge in [-0.25, -0.2) is 0 Å². The molecule has 1 rings (SSSR count). The quantitative estimate of drug-likeness (QED) is 0.532. The van der Waals surface area contributed by atoms with Crippen molar-refractivity contribution >= 4 is 5.78 Å². The lowest BCUT2D eigenvalue weighted by atomic mass is 9.86. The molecule has 0 heterocycles. The van der Waals surface area contributed by atoms with Crippen LogP contribution in [0.15, 0.2) is 23.3 Å². The van der Waals surface area contributed by atoms with Crippen molar-refractivity contribution in [1.82, 2.24) is 0 Å². The number of hydrogen-bond acceptors (Lipinski definition) is 3. The topological polar surface area (TPSA) is 57.5 Å². The summed E-state index contributed by atoms with van der Waals surface area (Å²) >= 11 is 0. The molecule has 3 unspecified atom stereocenters. The summed E-state index contributed by atoms with van der Waals surface area (Å²) in [5, 5.41) is 19.1. The van der Waals surface area contributed by atoms with Gasteiger partial charge in [-0.05, 0) is 44.3 Å². The summed E-state index contributed by atoms with van der Waals surface area (Å²) in [5.41, 5.74) is 1.47. The van der Waals surface area contributed by atoms with Gasteiger partial charge in [0.15, 0.2) is 5.78 Å². The highest BCUT2D eigenvalue weighted by Gasteiger charge is 2.25. The number of aliphatic hydroxyl groups is 2. The van der Waals surface area contributed by atoms with Crippen LogP contribution in [0.3, 0.4) is 0 Å². The SMILES string of the molecule is CC(=O)/C(C)=C/C1C=C(C)C(O)C(O)C1. The van der Waals surface area contributed by atoms with E-state index in [-0.39, 0.29) is 11.7 Å². The maximum atomic E-state index is 11.0. The molecule has 0 bridgehead atoms. The third-order valence-corrected chi connectivity index (χ3v) is 2.84. The second-order valence-electron chi connectivity index (χ2n) is 4.23. The molecule has 0 aromatic rings. The summed E-state index contributed by atoms with van der Waals surface area (Å²) in [6, 6.07) is 0. The van der Waals surface area contributed by atoms with Crippen molar-refractivity contribution < 1.29 is 15.0 Å². The first-order chi connectivity index (χ1) is 6.91. The van der Waals surface area contributed by atoms with Gasteiger partial charge in [-0.1, -0.05) is 12.2 Å². The maximum absolute atomic E-state index is 11.0. The van der Waals surface area contributed by atoms with E-state index in [4.69, 9.17) is 0 Å². The van der Waals surface area contributed by atoms with E-state index in [1.54, 1.807) is 13.8 Å². The first kappa shape index (κ1) is 12.1. The van der Waals surface area contributed by atoms with Gasteiger partial charge in [0, 0.05) is 0 Å². The monoisotopic (exact) mass is 210 g/mol. The van der Waals surface area contributed by atoms with Gasteiger partial charge in [-0.3, -0.25) is 4.79 Å². The van der Waals surface area contributed by atoms with Crippen LogP contribution in [-0.2, 0) is 4.79 Å². The second-order valence-corrected chi connectivity index (χ2v) is 4.23. The summed E-state index contributed by atoms with van der Waals surface area (Å²) in [6.45, 7) is 5.08. The number of carbonyl (C=O) groups is 1. The third kappa shape index (κ3) is 3.01. The van der Waals surface area contributed by atoms with Crippen LogP contribution in [0.5, 0.6) is 0 Å². The molecular weight excluding hydrogens is 192 g/mol. The molecule has 1 aliphatic carbocycles. The fourth-order valence-corrected chi connectivity index (χ4v) is 1.77. The molecule has 0 aromatic carbocycles. The zero-order valence-electron chi connectivity index (χ0n) is 9.40. The van der Waals surface area contributed by atoms with Crippen LogP contribution >= 0.6 is 0 Å². The lowest BCUT2D eigenvalue weighted by molar-refractivity contribution is -0.113. The largest absolute Gasteiger partial charge is 0.390 e. The number of carbonyl (C=O) groups excluding carboxylic acids is 1. The Hall–Kier alpha value is -0.930. The summed E-state index contributed by atoms with van der Waals surface area (Å²) < 4.78 is 0. The van der Waals surface area contributed by atoms with E-state index in [1.807, 2.05) is 12.2 Å².